The number of pyridine rings is 1. The smallest absolute Gasteiger partial charge is 0.270 e. The first-order valence-corrected chi connectivity index (χ1v) is 9.03. The maximum absolute atomic E-state index is 12.7. The molecular formula is C22H20ClN5O. The number of halogens is 1. The number of carbonyl (C=O) groups excluding carboxylic acids is 1. The van der Waals surface area contributed by atoms with Gasteiger partial charge in [-0.15, -0.1) is 12.4 Å². The van der Waals surface area contributed by atoms with Crippen molar-refractivity contribution in [1.82, 2.24) is 10.3 Å². The van der Waals surface area contributed by atoms with Gasteiger partial charge in [-0.05, 0) is 54.3 Å². The van der Waals surface area contributed by atoms with Crippen LogP contribution in [0.25, 0.3) is 0 Å². The van der Waals surface area contributed by atoms with E-state index >= 15 is 0 Å². The summed E-state index contributed by atoms with van der Waals surface area (Å²) in [5.74, 6) is 0.234. The summed E-state index contributed by atoms with van der Waals surface area (Å²) in [5, 5.41) is 15.1. The lowest BCUT2D eigenvalue weighted by Gasteiger charge is -2.13. The van der Waals surface area contributed by atoms with Crippen LogP contribution >= 0.6 is 12.4 Å². The lowest BCUT2D eigenvalue weighted by Crippen LogP contribution is -2.35. The van der Waals surface area contributed by atoms with E-state index in [-0.39, 0.29) is 30.0 Å². The van der Waals surface area contributed by atoms with E-state index in [2.05, 4.69) is 33.8 Å². The summed E-state index contributed by atoms with van der Waals surface area (Å²) in [7, 11) is 0. The Hall–Kier alpha value is -3.56. The van der Waals surface area contributed by atoms with Gasteiger partial charge in [0.25, 0.3) is 5.91 Å². The number of benzene rings is 2. The molecule has 0 saturated heterocycles. The van der Waals surface area contributed by atoms with Crippen LogP contribution in [0, 0.1) is 11.3 Å². The van der Waals surface area contributed by atoms with Crippen molar-refractivity contribution in [1.29, 1.82) is 5.26 Å². The van der Waals surface area contributed by atoms with Gasteiger partial charge in [0.15, 0.2) is 0 Å². The highest BCUT2D eigenvalue weighted by Crippen LogP contribution is 2.23. The van der Waals surface area contributed by atoms with Crippen LogP contribution in [0.5, 0.6) is 0 Å². The van der Waals surface area contributed by atoms with Crippen LogP contribution in [0.4, 0.5) is 17.2 Å². The first-order valence-electron chi connectivity index (χ1n) is 9.03. The highest BCUT2D eigenvalue weighted by molar-refractivity contribution is 5.94. The number of amides is 1. The van der Waals surface area contributed by atoms with Crippen molar-refractivity contribution in [3.8, 4) is 6.07 Å². The Morgan fingerprint density at radius 3 is 2.34 bits per heavy atom. The number of nitrogens with zero attached hydrogens (tertiary/aromatic N) is 2. The van der Waals surface area contributed by atoms with Gasteiger partial charge in [0.1, 0.15) is 11.5 Å². The third-order valence-corrected chi connectivity index (χ3v) is 4.75. The molecule has 1 heterocycles. The number of nitriles is 1. The number of hydrogen-bond acceptors (Lipinski definition) is 5. The van der Waals surface area contributed by atoms with E-state index in [0.717, 1.165) is 18.5 Å². The fraction of sp³-hybridized carbons (Fsp3) is 0.136. The third kappa shape index (κ3) is 4.65. The minimum absolute atomic E-state index is 0. The molecule has 3 aromatic rings. The molecule has 0 saturated carbocycles. The molecular weight excluding hydrogens is 386 g/mol. The van der Waals surface area contributed by atoms with Crippen molar-refractivity contribution in [3.63, 3.8) is 0 Å². The zero-order valence-electron chi connectivity index (χ0n) is 15.6. The summed E-state index contributed by atoms with van der Waals surface area (Å²) in [6, 6.07) is 20.6. The average molecular weight is 406 g/mol. The zero-order valence-corrected chi connectivity index (χ0v) is 16.4. The number of nitrogens with one attached hydrogen (secondary N) is 2. The number of rotatable bonds is 4. The monoisotopic (exact) mass is 405 g/mol. The van der Waals surface area contributed by atoms with Gasteiger partial charge in [-0.25, -0.2) is 4.98 Å². The number of aromatic nitrogens is 1. The quantitative estimate of drug-likeness (QED) is 0.615. The van der Waals surface area contributed by atoms with Crippen molar-refractivity contribution in [2.75, 3.05) is 11.1 Å². The summed E-state index contributed by atoms with van der Waals surface area (Å²) in [4.78, 5) is 17.1. The Morgan fingerprint density at radius 2 is 1.72 bits per heavy atom. The minimum Gasteiger partial charge on any atom is -0.399 e. The van der Waals surface area contributed by atoms with E-state index in [9.17, 15) is 4.79 Å². The van der Waals surface area contributed by atoms with Crippen molar-refractivity contribution < 1.29 is 4.79 Å². The largest absolute Gasteiger partial charge is 0.399 e. The fourth-order valence-electron chi connectivity index (χ4n) is 3.43. The van der Waals surface area contributed by atoms with Gasteiger partial charge in [-0.2, -0.15) is 5.26 Å². The van der Waals surface area contributed by atoms with Gasteiger partial charge < -0.3 is 16.4 Å². The van der Waals surface area contributed by atoms with Gasteiger partial charge in [0, 0.05) is 23.5 Å². The summed E-state index contributed by atoms with van der Waals surface area (Å²) in [6.07, 6.45) is 1.64. The van der Waals surface area contributed by atoms with Crippen LogP contribution in [-0.2, 0) is 12.8 Å². The Bertz CT molecular complexity index is 1050. The van der Waals surface area contributed by atoms with Crippen molar-refractivity contribution in [3.05, 3.63) is 83.0 Å². The zero-order chi connectivity index (χ0) is 19.5. The Kier molecular flexibility index (Phi) is 6.01. The molecule has 1 amide bonds. The maximum Gasteiger partial charge on any atom is 0.270 e. The number of carbonyl (C=O) groups is 1. The molecule has 0 aliphatic heterocycles. The van der Waals surface area contributed by atoms with Gasteiger partial charge in [0.05, 0.1) is 11.6 Å². The molecule has 0 spiro atoms. The van der Waals surface area contributed by atoms with Crippen LogP contribution in [0.1, 0.15) is 27.2 Å². The molecule has 0 unspecified atom stereocenters. The van der Waals surface area contributed by atoms with Crippen molar-refractivity contribution in [2.45, 2.75) is 18.9 Å². The predicted molar refractivity (Wildman–Crippen MR) is 115 cm³/mol. The first kappa shape index (κ1) is 20.2. The molecule has 1 aliphatic carbocycles. The van der Waals surface area contributed by atoms with Crippen LogP contribution < -0.4 is 16.4 Å². The minimum atomic E-state index is -0.243. The van der Waals surface area contributed by atoms with Gasteiger partial charge in [-0.1, -0.05) is 24.3 Å². The average Bonchev–Trinajstić information content (AvgIpc) is 3.10. The van der Waals surface area contributed by atoms with Crippen molar-refractivity contribution in [2.24, 2.45) is 0 Å². The van der Waals surface area contributed by atoms with Gasteiger partial charge in [0.2, 0.25) is 0 Å². The van der Waals surface area contributed by atoms with Crippen LogP contribution in [0.15, 0.2) is 60.7 Å². The molecule has 146 valence electrons. The van der Waals surface area contributed by atoms with E-state index < -0.39 is 0 Å². The van der Waals surface area contributed by atoms with Gasteiger partial charge in [-0.3, -0.25) is 4.79 Å². The molecule has 7 heteroatoms. The normalized spacial score (nSPS) is 12.4. The van der Waals surface area contributed by atoms with Crippen molar-refractivity contribution >= 4 is 35.5 Å². The predicted octanol–water partition coefficient (Wildman–Crippen LogP) is 3.60. The van der Waals surface area contributed by atoms with E-state index in [1.54, 1.807) is 36.4 Å². The number of nitrogen functional groups attached to an aromatic ring is 1. The van der Waals surface area contributed by atoms with Gasteiger partial charge >= 0.3 is 0 Å². The number of fused-ring (bicyclic) bond motifs is 1. The molecule has 1 aromatic heterocycles. The molecule has 1 aliphatic rings. The van der Waals surface area contributed by atoms with E-state index in [4.69, 9.17) is 11.0 Å². The summed E-state index contributed by atoms with van der Waals surface area (Å²) in [6.45, 7) is 0. The fourth-order valence-corrected chi connectivity index (χ4v) is 3.43. The molecule has 0 fully saturated rings. The Labute approximate surface area is 175 Å². The molecule has 6 nitrogen and oxygen atoms in total. The van der Waals surface area contributed by atoms with Crippen LogP contribution in [-0.4, -0.2) is 16.9 Å². The number of nitrogens with two attached hydrogens (primary N) is 1. The standard InChI is InChI=1S/C22H19N5O.ClH/c23-13-14-5-7-18(8-6-14)25-21-12-17(24)11-20(27-21)22(28)26-19-9-15-3-1-2-4-16(15)10-19;/h1-8,11-12,19H,9-10H2,(H,26,28)(H3,24,25,27);1H. The summed E-state index contributed by atoms with van der Waals surface area (Å²) >= 11 is 0. The molecule has 4 rings (SSSR count). The lowest BCUT2D eigenvalue weighted by atomic mass is 10.1. The maximum atomic E-state index is 12.7. The second-order valence-corrected chi connectivity index (χ2v) is 6.83. The van der Waals surface area contributed by atoms with E-state index in [1.807, 2.05) is 12.1 Å². The number of hydrogen-bond donors (Lipinski definition) is 3. The second kappa shape index (κ2) is 8.63. The molecule has 2 aromatic carbocycles. The topological polar surface area (TPSA) is 104 Å². The molecule has 4 N–H and O–H groups in total. The second-order valence-electron chi connectivity index (χ2n) is 6.83. The molecule has 29 heavy (non-hydrogen) atoms. The van der Waals surface area contributed by atoms with Crippen LogP contribution in [0.2, 0.25) is 0 Å². The SMILES string of the molecule is Cl.N#Cc1ccc(Nc2cc(N)cc(C(=O)NC3Cc4ccccc4C3)n2)cc1. The molecule has 0 radical (unpaired) electrons. The highest BCUT2D eigenvalue weighted by Gasteiger charge is 2.23. The first-order chi connectivity index (χ1) is 13.6. The Balaban J connectivity index is 0.00000240. The summed E-state index contributed by atoms with van der Waals surface area (Å²) < 4.78 is 0. The number of anilines is 3. The van der Waals surface area contributed by atoms with E-state index in [1.165, 1.54) is 11.1 Å². The lowest BCUT2D eigenvalue weighted by molar-refractivity contribution is 0.0933. The molecule has 0 atom stereocenters. The third-order valence-electron chi connectivity index (χ3n) is 4.75. The Morgan fingerprint density at radius 1 is 1.07 bits per heavy atom. The van der Waals surface area contributed by atoms with Crippen LogP contribution in [0.3, 0.4) is 0 Å². The highest BCUT2D eigenvalue weighted by atomic mass is 35.5. The molecule has 0 bridgehead atoms. The summed E-state index contributed by atoms with van der Waals surface area (Å²) in [5.41, 5.74) is 10.6. The van der Waals surface area contributed by atoms with E-state index in [0.29, 0.717) is 17.1 Å².